The lowest BCUT2D eigenvalue weighted by Crippen LogP contribution is -1.99. The molecule has 2 nitrogen and oxygen atoms in total. The Labute approximate surface area is 124 Å². The number of rotatable bonds is 5. The normalized spacial score (nSPS) is 10.4. The molecular weight excluding hydrogens is 330 g/mol. The van der Waals surface area contributed by atoms with E-state index in [0.29, 0.717) is 22.4 Å². The summed E-state index contributed by atoms with van der Waals surface area (Å²) in [5.74, 6) is -0.129. The SMILES string of the molecule is COc1ccc(CBr)cc1OCc1cc(F)cc(F)c1. The van der Waals surface area contributed by atoms with Crippen LogP contribution in [-0.2, 0) is 11.9 Å². The molecule has 106 valence electrons. The zero-order chi connectivity index (χ0) is 14.5. The van der Waals surface area contributed by atoms with Gasteiger partial charge in [-0.05, 0) is 35.4 Å². The van der Waals surface area contributed by atoms with Crippen LogP contribution in [0.4, 0.5) is 8.78 Å². The maximum absolute atomic E-state index is 13.1. The highest BCUT2D eigenvalue weighted by Crippen LogP contribution is 2.29. The van der Waals surface area contributed by atoms with Crippen molar-refractivity contribution in [1.29, 1.82) is 0 Å². The highest BCUT2D eigenvalue weighted by Gasteiger charge is 2.07. The van der Waals surface area contributed by atoms with E-state index in [1.54, 1.807) is 6.07 Å². The van der Waals surface area contributed by atoms with Crippen molar-refractivity contribution < 1.29 is 18.3 Å². The third-order valence-corrected chi connectivity index (χ3v) is 3.35. The number of halogens is 3. The van der Waals surface area contributed by atoms with Crippen molar-refractivity contribution in [2.45, 2.75) is 11.9 Å². The number of hydrogen-bond acceptors (Lipinski definition) is 2. The Kier molecular flexibility index (Phi) is 4.95. The van der Waals surface area contributed by atoms with Gasteiger partial charge in [0.25, 0.3) is 0 Å². The maximum atomic E-state index is 13.1. The molecule has 0 spiro atoms. The summed E-state index contributed by atoms with van der Waals surface area (Å²) in [5.41, 5.74) is 1.44. The molecule has 0 aliphatic heterocycles. The lowest BCUT2D eigenvalue weighted by Gasteiger charge is -2.12. The number of hydrogen-bond donors (Lipinski definition) is 0. The van der Waals surface area contributed by atoms with Gasteiger partial charge in [-0.15, -0.1) is 0 Å². The van der Waals surface area contributed by atoms with Gasteiger partial charge in [0.2, 0.25) is 0 Å². The van der Waals surface area contributed by atoms with Crippen LogP contribution in [0.15, 0.2) is 36.4 Å². The zero-order valence-corrected chi connectivity index (χ0v) is 12.4. The van der Waals surface area contributed by atoms with Gasteiger partial charge in [-0.1, -0.05) is 22.0 Å². The van der Waals surface area contributed by atoms with Gasteiger partial charge < -0.3 is 9.47 Å². The van der Waals surface area contributed by atoms with E-state index in [1.807, 2.05) is 12.1 Å². The van der Waals surface area contributed by atoms with E-state index in [-0.39, 0.29) is 6.61 Å². The minimum Gasteiger partial charge on any atom is -0.493 e. The van der Waals surface area contributed by atoms with Crippen molar-refractivity contribution in [2.75, 3.05) is 7.11 Å². The van der Waals surface area contributed by atoms with Crippen LogP contribution in [-0.4, -0.2) is 7.11 Å². The van der Waals surface area contributed by atoms with Gasteiger partial charge >= 0.3 is 0 Å². The molecule has 0 aromatic heterocycles. The van der Waals surface area contributed by atoms with Gasteiger partial charge in [0.05, 0.1) is 7.11 Å². The fourth-order valence-electron chi connectivity index (χ4n) is 1.77. The molecule has 0 radical (unpaired) electrons. The Hall–Kier alpha value is -1.62. The standard InChI is InChI=1S/C15H13BrF2O2/c1-19-14-3-2-10(8-16)6-15(14)20-9-11-4-12(17)7-13(18)5-11/h2-7H,8-9H2,1H3. The average molecular weight is 343 g/mol. The van der Waals surface area contributed by atoms with Gasteiger partial charge in [0, 0.05) is 11.4 Å². The second-order valence-corrected chi connectivity index (χ2v) is 4.75. The largest absolute Gasteiger partial charge is 0.493 e. The van der Waals surface area contributed by atoms with Crippen molar-refractivity contribution in [3.05, 3.63) is 59.2 Å². The van der Waals surface area contributed by atoms with E-state index in [1.165, 1.54) is 19.2 Å². The molecule has 0 heterocycles. The topological polar surface area (TPSA) is 18.5 Å². The van der Waals surface area contributed by atoms with Crippen LogP contribution in [0.2, 0.25) is 0 Å². The predicted octanol–water partition coefficient (Wildman–Crippen LogP) is 4.45. The second-order valence-electron chi connectivity index (χ2n) is 4.19. The number of benzene rings is 2. The van der Waals surface area contributed by atoms with E-state index >= 15 is 0 Å². The molecule has 0 N–H and O–H groups in total. The van der Waals surface area contributed by atoms with Gasteiger partial charge in [-0.3, -0.25) is 0 Å². The molecular formula is C15H13BrF2O2. The van der Waals surface area contributed by atoms with Crippen LogP contribution < -0.4 is 9.47 Å². The fourth-order valence-corrected chi connectivity index (χ4v) is 2.12. The molecule has 0 saturated carbocycles. The van der Waals surface area contributed by atoms with Gasteiger partial charge in [-0.25, -0.2) is 8.78 Å². The summed E-state index contributed by atoms with van der Waals surface area (Å²) in [7, 11) is 1.54. The van der Waals surface area contributed by atoms with E-state index in [0.717, 1.165) is 11.6 Å². The molecule has 0 unspecified atom stereocenters. The molecule has 5 heteroatoms. The smallest absolute Gasteiger partial charge is 0.161 e. The molecule has 0 saturated heterocycles. The molecule has 0 atom stereocenters. The third-order valence-electron chi connectivity index (χ3n) is 2.70. The second kappa shape index (κ2) is 6.70. The minimum atomic E-state index is -0.621. The Morgan fingerprint density at radius 3 is 2.25 bits per heavy atom. The number of methoxy groups -OCH3 is 1. The molecule has 20 heavy (non-hydrogen) atoms. The zero-order valence-electron chi connectivity index (χ0n) is 10.8. The first kappa shape index (κ1) is 14.8. The van der Waals surface area contributed by atoms with Crippen LogP contribution in [0.1, 0.15) is 11.1 Å². The van der Waals surface area contributed by atoms with Crippen LogP contribution in [0.25, 0.3) is 0 Å². The lowest BCUT2D eigenvalue weighted by atomic mass is 10.2. The summed E-state index contributed by atoms with van der Waals surface area (Å²) < 4.78 is 37.0. The van der Waals surface area contributed by atoms with Crippen molar-refractivity contribution in [1.82, 2.24) is 0 Å². The van der Waals surface area contributed by atoms with Gasteiger partial charge in [0.15, 0.2) is 11.5 Å². The van der Waals surface area contributed by atoms with Crippen LogP contribution >= 0.6 is 15.9 Å². The first-order valence-corrected chi connectivity index (χ1v) is 7.05. The molecule has 0 fully saturated rings. The summed E-state index contributed by atoms with van der Waals surface area (Å²) >= 11 is 3.36. The fraction of sp³-hybridized carbons (Fsp3) is 0.200. The quantitative estimate of drug-likeness (QED) is 0.747. The predicted molar refractivity (Wildman–Crippen MR) is 76.3 cm³/mol. The highest BCUT2D eigenvalue weighted by molar-refractivity contribution is 9.08. The summed E-state index contributed by atoms with van der Waals surface area (Å²) in [5, 5.41) is 0.682. The van der Waals surface area contributed by atoms with Gasteiger partial charge in [-0.2, -0.15) is 0 Å². The van der Waals surface area contributed by atoms with E-state index in [9.17, 15) is 8.78 Å². The summed E-state index contributed by atoms with van der Waals surface area (Å²) in [4.78, 5) is 0. The van der Waals surface area contributed by atoms with Crippen LogP contribution in [0.5, 0.6) is 11.5 Å². The van der Waals surface area contributed by atoms with Crippen molar-refractivity contribution in [3.63, 3.8) is 0 Å². The third kappa shape index (κ3) is 3.70. The maximum Gasteiger partial charge on any atom is 0.161 e. The Bertz CT molecular complexity index is 582. The molecule has 2 aromatic carbocycles. The van der Waals surface area contributed by atoms with E-state index in [4.69, 9.17) is 9.47 Å². The monoisotopic (exact) mass is 342 g/mol. The van der Waals surface area contributed by atoms with Crippen molar-refractivity contribution in [3.8, 4) is 11.5 Å². The molecule has 2 rings (SSSR count). The highest BCUT2D eigenvalue weighted by atomic mass is 79.9. The van der Waals surface area contributed by atoms with E-state index < -0.39 is 11.6 Å². The molecule has 0 aliphatic rings. The van der Waals surface area contributed by atoms with Crippen molar-refractivity contribution >= 4 is 15.9 Å². The molecule has 2 aromatic rings. The number of alkyl halides is 1. The molecule has 0 bridgehead atoms. The summed E-state index contributed by atoms with van der Waals surface area (Å²) in [6, 6.07) is 8.83. The minimum absolute atomic E-state index is 0.0662. The Morgan fingerprint density at radius 2 is 1.65 bits per heavy atom. The average Bonchev–Trinajstić information content (AvgIpc) is 2.43. The Balaban J connectivity index is 2.17. The summed E-state index contributed by atoms with van der Waals surface area (Å²) in [6.45, 7) is 0.0662. The number of ether oxygens (including phenoxy) is 2. The van der Waals surface area contributed by atoms with Crippen LogP contribution in [0.3, 0.4) is 0 Å². The summed E-state index contributed by atoms with van der Waals surface area (Å²) in [6.07, 6.45) is 0. The van der Waals surface area contributed by atoms with Crippen LogP contribution in [0, 0.1) is 11.6 Å². The van der Waals surface area contributed by atoms with E-state index in [2.05, 4.69) is 15.9 Å². The molecule has 0 amide bonds. The van der Waals surface area contributed by atoms with Gasteiger partial charge in [0.1, 0.15) is 18.2 Å². The first-order valence-electron chi connectivity index (χ1n) is 5.93. The Morgan fingerprint density at radius 1 is 0.950 bits per heavy atom. The lowest BCUT2D eigenvalue weighted by molar-refractivity contribution is 0.283. The molecule has 0 aliphatic carbocycles. The van der Waals surface area contributed by atoms with Crippen molar-refractivity contribution in [2.24, 2.45) is 0 Å². The first-order chi connectivity index (χ1) is 9.62.